The first-order valence-electron chi connectivity index (χ1n) is 6.53. The van der Waals surface area contributed by atoms with E-state index < -0.39 is 0 Å². The molecule has 2 atom stereocenters. The van der Waals surface area contributed by atoms with Crippen LogP contribution in [-0.4, -0.2) is 28.5 Å². The summed E-state index contributed by atoms with van der Waals surface area (Å²) in [4.78, 5) is 0. The second kappa shape index (κ2) is 5.65. The second-order valence-corrected chi connectivity index (χ2v) is 4.88. The lowest BCUT2D eigenvalue weighted by molar-refractivity contribution is -0.000324. The van der Waals surface area contributed by atoms with Gasteiger partial charge in [-0.15, -0.1) is 0 Å². The van der Waals surface area contributed by atoms with E-state index in [1.54, 1.807) is 0 Å². The van der Waals surface area contributed by atoms with Gasteiger partial charge in [0.1, 0.15) is 0 Å². The molecule has 1 aliphatic heterocycles. The minimum absolute atomic E-state index is 0.441. The summed E-state index contributed by atoms with van der Waals surface area (Å²) in [6, 6.07) is 0.591. The van der Waals surface area contributed by atoms with E-state index in [0.717, 1.165) is 32.4 Å². The molecule has 1 fully saturated rings. The molecule has 2 heterocycles. The van der Waals surface area contributed by atoms with Gasteiger partial charge >= 0.3 is 0 Å². The van der Waals surface area contributed by atoms with Gasteiger partial charge in [-0.1, -0.05) is 6.92 Å². The van der Waals surface area contributed by atoms with Gasteiger partial charge in [0, 0.05) is 37.5 Å². The van der Waals surface area contributed by atoms with Gasteiger partial charge in [-0.05, 0) is 26.2 Å². The molecule has 4 heteroatoms. The molecular weight excluding hydrogens is 214 g/mol. The summed E-state index contributed by atoms with van der Waals surface area (Å²) in [6.45, 7) is 6.12. The average molecular weight is 237 g/mol. The van der Waals surface area contributed by atoms with Crippen LogP contribution in [0.3, 0.4) is 0 Å². The summed E-state index contributed by atoms with van der Waals surface area (Å²) >= 11 is 0. The summed E-state index contributed by atoms with van der Waals surface area (Å²) in [6.07, 6.45) is 5.77. The molecule has 0 amide bonds. The van der Waals surface area contributed by atoms with Crippen LogP contribution in [0, 0.1) is 6.92 Å². The summed E-state index contributed by atoms with van der Waals surface area (Å²) in [5.74, 6) is 0. The molecule has 96 valence electrons. The molecule has 0 bridgehead atoms. The van der Waals surface area contributed by atoms with Gasteiger partial charge in [0.05, 0.1) is 12.3 Å². The lowest BCUT2D eigenvalue weighted by Crippen LogP contribution is -2.38. The fourth-order valence-corrected chi connectivity index (χ4v) is 2.32. The van der Waals surface area contributed by atoms with Crippen molar-refractivity contribution < 1.29 is 4.74 Å². The Morgan fingerprint density at radius 1 is 1.59 bits per heavy atom. The van der Waals surface area contributed by atoms with Gasteiger partial charge in [0.2, 0.25) is 0 Å². The van der Waals surface area contributed by atoms with Crippen LogP contribution in [0.25, 0.3) is 0 Å². The van der Waals surface area contributed by atoms with Crippen molar-refractivity contribution in [3.8, 4) is 0 Å². The SMILES string of the molecule is CCC1CC(NCc2cnn(C)c2C)CCO1. The first-order chi connectivity index (χ1) is 8.20. The number of hydrogen-bond acceptors (Lipinski definition) is 3. The molecule has 1 N–H and O–H groups in total. The van der Waals surface area contributed by atoms with Crippen LogP contribution in [0.15, 0.2) is 6.20 Å². The van der Waals surface area contributed by atoms with Crippen molar-refractivity contribution in [2.75, 3.05) is 6.61 Å². The van der Waals surface area contributed by atoms with Crippen LogP contribution < -0.4 is 5.32 Å². The normalized spacial score (nSPS) is 25.1. The Hall–Kier alpha value is -0.870. The molecule has 1 aromatic heterocycles. The average Bonchev–Trinajstić information content (AvgIpc) is 2.68. The standard InChI is InChI=1S/C13H23N3O/c1-4-13-7-12(5-6-17-13)14-8-11-9-15-16(3)10(11)2/h9,12-14H,4-8H2,1-3H3. The monoisotopic (exact) mass is 237 g/mol. The van der Waals surface area contributed by atoms with Gasteiger partial charge in [0.25, 0.3) is 0 Å². The largest absolute Gasteiger partial charge is 0.378 e. The van der Waals surface area contributed by atoms with Gasteiger partial charge < -0.3 is 10.1 Å². The highest BCUT2D eigenvalue weighted by atomic mass is 16.5. The Balaban J connectivity index is 1.83. The molecule has 17 heavy (non-hydrogen) atoms. The van der Waals surface area contributed by atoms with Crippen LogP contribution in [-0.2, 0) is 18.3 Å². The minimum Gasteiger partial charge on any atom is -0.378 e. The molecule has 0 radical (unpaired) electrons. The fourth-order valence-electron chi connectivity index (χ4n) is 2.32. The number of nitrogens with zero attached hydrogens (tertiary/aromatic N) is 2. The zero-order valence-electron chi connectivity index (χ0n) is 11.1. The number of hydrogen-bond donors (Lipinski definition) is 1. The van der Waals surface area contributed by atoms with E-state index in [0.29, 0.717) is 12.1 Å². The van der Waals surface area contributed by atoms with Crippen molar-refractivity contribution in [3.63, 3.8) is 0 Å². The molecular formula is C13H23N3O. The second-order valence-electron chi connectivity index (χ2n) is 4.88. The fraction of sp³-hybridized carbons (Fsp3) is 0.769. The molecule has 4 nitrogen and oxygen atoms in total. The third kappa shape index (κ3) is 3.07. The van der Waals surface area contributed by atoms with E-state index in [1.807, 2.05) is 17.9 Å². The Kier molecular flexibility index (Phi) is 4.18. The van der Waals surface area contributed by atoms with Crippen molar-refractivity contribution in [2.24, 2.45) is 7.05 Å². The summed E-state index contributed by atoms with van der Waals surface area (Å²) < 4.78 is 7.61. The first-order valence-corrected chi connectivity index (χ1v) is 6.53. The van der Waals surface area contributed by atoms with Gasteiger partial charge in [-0.25, -0.2) is 0 Å². The summed E-state index contributed by atoms with van der Waals surface area (Å²) in [5, 5.41) is 7.89. The summed E-state index contributed by atoms with van der Waals surface area (Å²) in [7, 11) is 1.99. The highest BCUT2D eigenvalue weighted by Gasteiger charge is 2.20. The molecule has 2 unspecified atom stereocenters. The van der Waals surface area contributed by atoms with E-state index in [2.05, 4.69) is 24.3 Å². The van der Waals surface area contributed by atoms with Crippen molar-refractivity contribution in [1.29, 1.82) is 0 Å². The van der Waals surface area contributed by atoms with Gasteiger partial charge in [-0.2, -0.15) is 5.10 Å². The van der Waals surface area contributed by atoms with Crippen molar-refractivity contribution in [3.05, 3.63) is 17.5 Å². The van der Waals surface area contributed by atoms with E-state index in [9.17, 15) is 0 Å². The molecule has 0 aromatic carbocycles. The smallest absolute Gasteiger partial charge is 0.0587 e. The van der Waals surface area contributed by atoms with Crippen LogP contribution in [0.5, 0.6) is 0 Å². The highest BCUT2D eigenvalue weighted by molar-refractivity contribution is 5.15. The quantitative estimate of drug-likeness (QED) is 0.867. The van der Waals surface area contributed by atoms with Crippen molar-refractivity contribution in [1.82, 2.24) is 15.1 Å². The van der Waals surface area contributed by atoms with E-state index >= 15 is 0 Å². The Labute approximate surface area is 103 Å². The predicted octanol–water partition coefficient (Wildman–Crippen LogP) is 1.78. The Morgan fingerprint density at radius 2 is 2.41 bits per heavy atom. The van der Waals surface area contributed by atoms with E-state index in [-0.39, 0.29) is 0 Å². The molecule has 0 spiro atoms. The van der Waals surface area contributed by atoms with E-state index in [1.165, 1.54) is 11.3 Å². The number of aryl methyl sites for hydroxylation is 1. The number of rotatable bonds is 4. The van der Waals surface area contributed by atoms with E-state index in [4.69, 9.17) is 4.74 Å². The topological polar surface area (TPSA) is 39.1 Å². The van der Waals surface area contributed by atoms with Crippen LogP contribution in [0.1, 0.15) is 37.4 Å². The first kappa shape index (κ1) is 12.6. The Morgan fingerprint density at radius 3 is 3.06 bits per heavy atom. The Bertz CT molecular complexity index is 362. The van der Waals surface area contributed by atoms with Gasteiger partial charge in [0.15, 0.2) is 0 Å². The zero-order chi connectivity index (χ0) is 12.3. The molecule has 1 aromatic rings. The third-order valence-electron chi connectivity index (χ3n) is 3.74. The maximum Gasteiger partial charge on any atom is 0.0587 e. The zero-order valence-corrected chi connectivity index (χ0v) is 11.1. The maximum absolute atomic E-state index is 5.68. The number of aromatic nitrogens is 2. The predicted molar refractivity (Wildman–Crippen MR) is 67.8 cm³/mol. The summed E-state index contributed by atoms with van der Waals surface area (Å²) in [5.41, 5.74) is 2.55. The van der Waals surface area contributed by atoms with Crippen molar-refractivity contribution >= 4 is 0 Å². The lowest BCUT2D eigenvalue weighted by Gasteiger charge is -2.29. The minimum atomic E-state index is 0.441. The maximum atomic E-state index is 5.68. The molecule has 0 aliphatic carbocycles. The highest BCUT2D eigenvalue weighted by Crippen LogP contribution is 2.17. The van der Waals surface area contributed by atoms with Crippen LogP contribution in [0.4, 0.5) is 0 Å². The van der Waals surface area contributed by atoms with Gasteiger partial charge in [-0.3, -0.25) is 4.68 Å². The molecule has 1 aliphatic rings. The van der Waals surface area contributed by atoms with Crippen LogP contribution >= 0.6 is 0 Å². The molecule has 2 rings (SSSR count). The van der Waals surface area contributed by atoms with Crippen LogP contribution in [0.2, 0.25) is 0 Å². The number of nitrogens with one attached hydrogen (secondary N) is 1. The molecule has 1 saturated heterocycles. The third-order valence-corrected chi connectivity index (χ3v) is 3.74. The van der Waals surface area contributed by atoms with Crippen molar-refractivity contribution in [2.45, 2.75) is 51.8 Å². The molecule has 0 saturated carbocycles. The lowest BCUT2D eigenvalue weighted by atomic mass is 10.0. The number of ether oxygens (including phenoxy) is 1.